The second kappa shape index (κ2) is 6.59. The fourth-order valence-corrected chi connectivity index (χ4v) is 2.09. The third kappa shape index (κ3) is 5.17. The Morgan fingerprint density at radius 1 is 1.41 bits per heavy atom. The molecule has 0 aromatic heterocycles. The molecule has 0 saturated carbocycles. The van der Waals surface area contributed by atoms with E-state index in [-0.39, 0.29) is 36.8 Å². The summed E-state index contributed by atoms with van der Waals surface area (Å²) in [4.78, 5) is 22.1. The number of carbonyl (C=O) groups excluding carboxylic acids is 1. The predicted molar refractivity (Wildman–Crippen MR) is 62.6 cm³/mol. The Kier molecular flexibility index (Phi) is 5.41. The molecule has 3 atom stereocenters. The normalized spacial score (nSPS) is 23.1. The molecule has 1 fully saturated rings. The van der Waals surface area contributed by atoms with Crippen molar-refractivity contribution in [3.05, 3.63) is 0 Å². The molecule has 5 nitrogen and oxygen atoms in total. The maximum Gasteiger partial charge on any atom is 0.303 e. The van der Waals surface area contributed by atoms with E-state index in [1.54, 1.807) is 6.92 Å². The molecule has 0 aromatic rings. The number of carboxylic acids is 1. The highest BCUT2D eigenvalue weighted by Crippen LogP contribution is 2.16. The molecule has 1 aliphatic rings. The quantitative estimate of drug-likeness (QED) is 0.734. The fourth-order valence-electron chi connectivity index (χ4n) is 2.09. The van der Waals surface area contributed by atoms with Crippen LogP contribution in [0.2, 0.25) is 0 Å². The lowest BCUT2D eigenvalue weighted by Gasteiger charge is -2.20. The van der Waals surface area contributed by atoms with Gasteiger partial charge in [-0.3, -0.25) is 9.59 Å². The Bertz CT molecular complexity index is 274. The summed E-state index contributed by atoms with van der Waals surface area (Å²) in [5.41, 5.74) is 0. The second-order valence-electron chi connectivity index (χ2n) is 4.81. The first-order chi connectivity index (χ1) is 7.99. The number of carboxylic acid groups (broad SMARTS) is 1. The Morgan fingerprint density at radius 2 is 2.12 bits per heavy atom. The minimum atomic E-state index is -0.863. The summed E-state index contributed by atoms with van der Waals surface area (Å²) in [6, 6.07) is 0.00188. The van der Waals surface area contributed by atoms with E-state index >= 15 is 0 Å². The van der Waals surface area contributed by atoms with E-state index in [9.17, 15) is 9.59 Å². The third-order valence-corrected chi connectivity index (χ3v) is 2.97. The topological polar surface area (TPSA) is 75.6 Å². The number of rotatable bonds is 6. The van der Waals surface area contributed by atoms with Crippen LogP contribution in [0.3, 0.4) is 0 Å². The van der Waals surface area contributed by atoms with Gasteiger partial charge < -0.3 is 15.2 Å². The van der Waals surface area contributed by atoms with E-state index in [2.05, 4.69) is 5.32 Å². The van der Waals surface area contributed by atoms with E-state index in [0.29, 0.717) is 0 Å². The molecule has 0 aromatic carbocycles. The molecule has 0 spiro atoms. The van der Waals surface area contributed by atoms with Crippen LogP contribution in [0.4, 0.5) is 0 Å². The van der Waals surface area contributed by atoms with Crippen LogP contribution >= 0.6 is 0 Å². The minimum absolute atomic E-state index is 0.00188. The van der Waals surface area contributed by atoms with Crippen LogP contribution in [-0.2, 0) is 14.3 Å². The highest BCUT2D eigenvalue weighted by molar-refractivity contribution is 5.77. The minimum Gasteiger partial charge on any atom is -0.481 e. The number of ether oxygens (including phenoxy) is 1. The van der Waals surface area contributed by atoms with Crippen LogP contribution in [0, 0.1) is 5.92 Å². The van der Waals surface area contributed by atoms with E-state index in [1.807, 2.05) is 6.92 Å². The van der Waals surface area contributed by atoms with E-state index in [0.717, 1.165) is 19.4 Å². The van der Waals surface area contributed by atoms with Gasteiger partial charge in [-0.15, -0.1) is 0 Å². The lowest BCUT2D eigenvalue weighted by atomic mass is 10.0. The average molecular weight is 243 g/mol. The molecule has 0 radical (unpaired) electrons. The molecule has 1 aliphatic heterocycles. The zero-order chi connectivity index (χ0) is 12.8. The first-order valence-corrected chi connectivity index (χ1v) is 6.11. The number of nitrogens with one attached hydrogen (secondary N) is 1. The van der Waals surface area contributed by atoms with Gasteiger partial charge in [0.05, 0.1) is 12.1 Å². The monoisotopic (exact) mass is 243 g/mol. The lowest BCUT2D eigenvalue weighted by molar-refractivity contribution is -0.138. The molecule has 5 heteroatoms. The molecule has 1 amide bonds. The largest absolute Gasteiger partial charge is 0.481 e. The van der Waals surface area contributed by atoms with Crippen molar-refractivity contribution < 1.29 is 19.4 Å². The maximum absolute atomic E-state index is 11.6. The molecular formula is C12H21NO4. The summed E-state index contributed by atoms with van der Waals surface area (Å²) in [5, 5.41) is 11.5. The number of carbonyl (C=O) groups is 2. The van der Waals surface area contributed by atoms with Crippen molar-refractivity contribution in [2.75, 3.05) is 6.61 Å². The Labute approximate surface area is 102 Å². The number of aliphatic carboxylic acids is 1. The zero-order valence-corrected chi connectivity index (χ0v) is 10.4. The third-order valence-electron chi connectivity index (χ3n) is 2.97. The van der Waals surface area contributed by atoms with Crippen molar-refractivity contribution in [2.45, 2.75) is 51.7 Å². The van der Waals surface area contributed by atoms with Crippen molar-refractivity contribution in [1.29, 1.82) is 0 Å². The number of amides is 1. The SMILES string of the molecule is CC(CC(=O)O)CC(=O)NC(C)C1CCCO1. The van der Waals surface area contributed by atoms with Crippen molar-refractivity contribution in [3.8, 4) is 0 Å². The van der Waals surface area contributed by atoms with Crippen LogP contribution in [0.5, 0.6) is 0 Å². The van der Waals surface area contributed by atoms with Crippen LogP contribution in [-0.4, -0.2) is 35.7 Å². The molecule has 1 rings (SSSR count). The average Bonchev–Trinajstić information content (AvgIpc) is 2.67. The van der Waals surface area contributed by atoms with Crippen molar-refractivity contribution in [3.63, 3.8) is 0 Å². The Morgan fingerprint density at radius 3 is 2.65 bits per heavy atom. The summed E-state index contributed by atoms with van der Waals surface area (Å²) < 4.78 is 5.48. The number of hydrogen-bond acceptors (Lipinski definition) is 3. The molecule has 1 saturated heterocycles. The van der Waals surface area contributed by atoms with Crippen molar-refractivity contribution >= 4 is 11.9 Å². The highest BCUT2D eigenvalue weighted by Gasteiger charge is 2.24. The highest BCUT2D eigenvalue weighted by atomic mass is 16.5. The second-order valence-corrected chi connectivity index (χ2v) is 4.81. The Balaban J connectivity index is 2.25. The summed E-state index contributed by atoms with van der Waals surface area (Å²) >= 11 is 0. The van der Waals surface area contributed by atoms with Crippen LogP contribution in [0.25, 0.3) is 0 Å². The van der Waals surface area contributed by atoms with Gasteiger partial charge in [0.1, 0.15) is 0 Å². The van der Waals surface area contributed by atoms with Gasteiger partial charge in [0.25, 0.3) is 0 Å². The van der Waals surface area contributed by atoms with Crippen molar-refractivity contribution in [2.24, 2.45) is 5.92 Å². The molecule has 0 bridgehead atoms. The van der Waals surface area contributed by atoms with Gasteiger partial charge in [-0.05, 0) is 25.7 Å². The molecule has 0 aliphatic carbocycles. The molecule has 1 heterocycles. The van der Waals surface area contributed by atoms with E-state index in [4.69, 9.17) is 9.84 Å². The summed E-state index contributed by atoms with van der Waals surface area (Å²) in [7, 11) is 0. The van der Waals surface area contributed by atoms with Gasteiger partial charge in [0, 0.05) is 19.4 Å². The number of hydrogen-bond donors (Lipinski definition) is 2. The van der Waals surface area contributed by atoms with Gasteiger partial charge in [0.2, 0.25) is 5.91 Å². The summed E-state index contributed by atoms with van der Waals surface area (Å²) in [5.74, 6) is -1.09. The van der Waals surface area contributed by atoms with Gasteiger partial charge >= 0.3 is 5.97 Å². The lowest BCUT2D eigenvalue weighted by Crippen LogP contribution is -2.41. The fraction of sp³-hybridized carbons (Fsp3) is 0.833. The van der Waals surface area contributed by atoms with Crippen LogP contribution < -0.4 is 5.32 Å². The smallest absolute Gasteiger partial charge is 0.303 e. The first-order valence-electron chi connectivity index (χ1n) is 6.11. The molecule has 17 heavy (non-hydrogen) atoms. The standard InChI is InChI=1S/C12H21NO4/c1-8(7-12(15)16)6-11(14)13-9(2)10-4-3-5-17-10/h8-10H,3-7H2,1-2H3,(H,13,14)(H,15,16). The van der Waals surface area contributed by atoms with Crippen LogP contribution in [0.1, 0.15) is 39.5 Å². The van der Waals surface area contributed by atoms with E-state index in [1.165, 1.54) is 0 Å². The Hall–Kier alpha value is -1.10. The zero-order valence-electron chi connectivity index (χ0n) is 10.4. The van der Waals surface area contributed by atoms with Gasteiger partial charge in [-0.25, -0.2) is 0 Å². The maximum atomic E-state index is 11.6. The molecule has 3 unspecified atom stereocenters. The molecule has 98 valence electrons. The van der Waals surface area contributed by atoms with Crippen LogP contribution in [0.15, 0.2) is 0 Å². The van der Waals surface area contributed by atoms with Gasteiger partial charge in [-0.1, -0.05) is 6.92 Å². The molecule has 2 N–H and O–H groups in total. The predicted octanol–water partition coefficient (Wildman–Crippen LogP) is 1.17. The van der Waals surface area contributed by atoms with Gasteiger partial charge in [0.15, 0.2) is 0 Å². The summed E-state index contributed by atoms with van der Waals surface area (Å²) in [6.07, 6.45) is 2.41. The summed E-state index contributed by atoms with van der Waals surface area (Å²) in [6.45, 7) is 4.46. The van der Waals surface area contributed by atoms with Gasteiger partial charge in [-0.2, -0.15) is 0 Å². The van der Waals surface area contributed by atoms with Crippen molar-refractivity contribution in [1.82, 2.24) is 5.32 Å². The molecular weight excluding hydrogens is 222 g/mol. The first kappa shape index (κ1) is 14.0. The van der Waals surface area contributed by atoms with E-state index < -0.39 is 5.97 Å².